The predicted octanol–water partition coefficient (Wildman–Crippen LogP) is 7.41. The van der Waals surface area contributed by atoms with Crippen molar-refractivity contribution in [2.24, 2.45) is 0 Å². The highest BCUT2D eigenvalue weighted by molar-refractivity contribution is 5.94. The van der Waals surface area contributed by atoms with Crippen LogP contribution >= 0.6 is 0 Å². The summed E-state index contributed by atoms with van der Waals surface area (Å²) < 4.78 is 0. The van der Waals surface area contributed by atoms with Gasteiger partial charge in [-0.3, -0.25) is 0 Å². The standard InChI is InChI=1S/C31H30O3/c1-30(2,22-11-7-5-8-12-22)24-17-15-21(16-18-24)26-19-25(20-27(28(26)32)29(33)34)31(3,4)23-13-9-6-10-14-23/h5-20,32H,1-4H3,(H,33,34). The number of carbonyl (C=O) groups is 1. The topological polar surface area (TPSA) is 57.5 Å². The number of phenols is 1. The first-order valence-corrected chi connectivity index (χ1v) is 11.4. The Kier molecular flexibility index (Phi) is 6.05. The number of rotatable bonds is 6. The van der Waals surface area contributed by atoms with Crippen LogP contribution in [0.25, 0.3) is 11.1 Å². The van der Waals surface area contributed by atoms with Crippen LogP contribution < -0.4 is 0 Å². The first-order chi connectivity index (χ1) is 16.1. The molecule has 0 amide bonds. The van der Waals surface area contributed by atoms with Crippen LogP contribution in [0.3, 0.4) is 0 Å². The lowest BCUT2D eigenvalue weighted by molar-refractivity contribution is 0.0693. The summed E-state index contributed by atoms with van der Waals surface area (Å²) in [6.07, 6.45) is 0. The van der Waals surface area contributed by atoms with E-state index < -0.39 is 11.4 Å². The van der Waals surface area contributed by atoms with E-state index in [-0.39, 0.29) is 16.7 Å². The second-order valence-electron chi connectivity index (χ2n) is 9.78. The maximum Gasteiger partial charge on any atom is 0.339 e. The van der Waals surface area contributed by atoms with Crippen LogP contribution in [0, 0.1) is 0 Å². The molecule has 0 aliphatic carbocycles. The lowest BCUT2D eigenvalue weighted by Crippen LogP contribution is -2.20. The Labute approximate surface area is 201 Å². The molecule has 4 aromatic rings. The Morgan fingerprint density at radius 2 is 1.06 bits per heavy atom. The summed E-state index contributed by atoms with van der Waals surface area (Å²) in [6, 6.07) is 31.8. The minimum absolute atomic E-state index is 0.0924. The highest BCUT2D eigenvalue weighted by atomic mass is 16.4. The largest absolute Gasteiger partial charge is 0.506 e. The lowest BCUT2D eigenvalue weighted by Gasteiger charge is -2.28. The van der Waals surface area contributed by atoms with E-state index in [1.165, 1.54) is 5.56 Å². The number of benzene rings is 4. The van der Waals surface area contributed by atoms with Gasteiger partial charge in [0.05, 0.1) is 0 Å². The van der Waals surface area contributed by atoms with Crippen LogP contribution in [0.5, 0.6) is 5.75 Å². The number of carboxylic acid groups (broad SMARTS) is 1. The summed E-state index contributed by atoms with van der Waals surface area (Å²) in [7, 11) is 0. The van der Waals surface area contributed by atoms with Gasteiger partial charge in [0.1, 0.15) is 11.3 Å². The van der Waals surface area contributed by atoms with Crippen LogP contribution in [0.15, 0.2) is 97.1 Å². The van der Waals surface area contributed by atoms with Crippen molar-refractivity contribution in [2.75, 3.05) is 0 Å². The smallest absolute Gasteiger partial charge is 0.339 e. The van der Waals surface area contributed by atoms with Gasteiger partial charge < -0.3 is 10.2 Å². The molecule has 0 heterocycles. The monoisotopic (exact) mass is 450 g/mol. The molecule has 34 heavy (non-hydrogen) atoms. The number of aromatic hydroxyl groups is 1. The SMILES string of the molecule is CC(C)(c1ccccc1)c1ccc(-c2cc(C(C)(C)c3ccccc3)cc(C(=O)O)c2O)cc1. The van der Waals surface area contributed by atoms with E-state index in [9.17, 15) is 15.0 Å². The number of hydrogen-bond acceptors (Lipinski definition) is 2. The number of carboxylic acids is 1. The zero-order valence-electron chi connectivity index (χ0n) is 20.0. The van der Waals surface area contributed by atoms with Gasteiger partial charge in [0.25, 0.3) is 0 Å². The quantitative estimate of drug-likeness (QED) is 0.321. The fourth-order valence-electron chi connectivity index (χ4n) is 4.49. The molecule has 0 saturated carbocycles. The van der Waals surface area contributed by atoms with Crippen molar-refractivity contribution in [1.82, 2.24) is 0 Å². The van der Waals surface area contributed by atoms with Gasteiger partial charge in [0.15, 0.2) is 0 Å². The van der Waals surface area contributed by atoms with E-state index in [0.717, 1.165) is 22.3 Å². The molecule has 3 nitrogen and oxygen atoms in total. The molecule has 0 radical (unpaired) electrons. The first-order valence-electron chi connectivity index (χ1n) is 11.4. The summed E-state index contributed by atoms with van der Waals surface area (Å²) in [5.74, 6) is -1.36. The summed E-state index contributed by atoms with van der Waals surface area (Å²) in [5.41, 5.74) is 4.83. The van der Waals surface area contributed by atoms with Crippen molar-refractivity contribution in [1.29, 1.82) is 0 Å². The molecule has 172 valence electrons. The van der Waals surface area contributed by atoms with E-state index in [0.29, 0.717) is 5.56 Å². The van der Waals surface area contributed by atoms with Crippen LogP contribution in [0.2, 0.25) is 0 Å². The van der Waals surface area contributed by atoms with Crippen LogP contribution in [-0.4, -0.2) is 16.2 Å². The Morgan fingerprint density at radius 1 is 0.618 bits per heavy atom. The molecule has 0 spiro atoms. The molecule has 0 saturated heterocycles. The van der Waals surface area contributed by atoms with Crippen molar-refractivity contribution in [3.8, 4) is 16.9 Å². The highest BCUT2D eigenvalue weighted by Gasteiger charge is 2.28. The van der Waals surface area contributed by atoms with Gasteiger partial charge in [0.2, 0.25) is 0 Å². The normalized spacial score (nSPS) is 11.9. The maximum atomic E-state index is 12.0. The molecule has 3 heteroatoms. The molecule has 4 aromatic carbocycles. The van der Waals surface area contributed by atoms with Crippen molar-refractivity contribution >= 4 is 5.97 Å². The molecule has 0 fully saturated rings. The Balaban J connectivity index is 1.81. The molecular weight excluding hydrogens is 420 g/mol. The minimum Gasteiger partial charge on any atom is -0.506 e. The third-order valence-electron chi connectivity index (χ3n) is 6.97. The Bertz CT molecular complexity index is 1300. The average molecular weight is 451 g/mol. The molecular formula is C31H30O3. The maximum absolute atomic E-state index is 12.0. The summed E-state index contributed by atoms with van der Waals surface area (Å²) in [5, 5.41) is 20.7. The van der Waals surface area contributed by atoms with Gasteiger partial charge in [-0.25, -0.2) is 4.79 Å². The molecule has 4 rings (SSSR count). The zero-order valence-corrected chi connectivity index (χ0v) is 20.0. The lowest BCUT2D eigenvalue weighted by atomic mass is 9.76. The van der Waals surface area contributed by atoms with E-state index >= 15 is 0 Å². The number of aromatic carboxylic acids is 1. The molecule has 0 aromatic heterocycles. The fourth-order valence-corrected chi connectivity index (χ4v) is 4.49. The van der Waals surface area contributed by atoms with E-state index in [1.807, 2.05) is 66.7 Å². The van der Waals surface area contributed by atoms with Crippen molar-refractivity contribution in [3.63, 3.8) is 0 Å². The summed E-state index contributed by atoms with van der Waals surface area (Å²) >= 11 is 0. The van der Waals surface area contributed by atoms with Gasteiger partial charge in [-0.05, 0) is 39.9 Å². The van der Waals surface area contributed by atoms with Gasteiger partial charge >= 0.3 is 5.97 Å². The van der Waals surface area contributed by atoms with Gasteiger partial charge in [-0.15, -0.1) is 0 Å². The molecule has 2 N–H and O–H groups in total. The summed E-state index contributed by atoms with van der Waals surface area (Å²) in [4.78, 5) is 12.0. The van der Waals surface area contributed by atoms with E-state index in [2.05, 4.69) is 52.0 Å². The zero-order chi connectivity index (χ0) is 24.5. The highest BCUT2D eigenvalue weighted by Crippen LogP contribution is 2.41. The second kappa shape index (κ2) is 8.83. The second-order valence-corrected chi connectivity index (χ2v) is 9.78. The van der Waals surface area contributed by atoms with Gasteiger partial charge in [-0.1, -0.05) is 113 Å². The molecule has 0 aliphatic heterocycles. The first kappa shape index (κ1) is 23.3. The predicted molar refractivity (Wildman–Crippen MR) is 138 cm³/mol. The van der Waals surface area contributed by atoms with Gasteiger partial charge in [-0.2, -0.15) is 0 Å². The molecule has 0 atom stereocenters. The average Bonchev–Trinajstić information content (AvgIpc) is 2.85. The Morgan fingerprint density at radius 3 is 1.53 bits per heavy atom. The third-order valence-corrected chi connectivity index (χ3v) is 6.97. The minimum atomic E-state index is -1.15. The molecule has 0 unspecified atom stereocenters. The van der Waals surface area contributed by atoms with Gasteiger partial charge in [0, 0.05) is 16.4 Å². The Hall–Kier alpha value is -3.85. The fraction of sp³-hybridized carbons (Fsp3) is 0.194. The van der Waals surface area contributed by atoms with Crippen LogP contribution in [0.1, 0.15) is 60.3 Å². The molecule has 0 bridgehead atoms. The molecule has 0 aliphatic rings. The van der Waals surface area contributed by atoms with E-state index in [4.69, 9.17) is 0 Å². The van der Waals surface area contributed by atoms with Crippen molar-refractivity contribution < 1.29 is 15.0 Å². The van der Waals surface area contributed by atoms with Crippen molar-refractivity contribution in [3.05, 3.63) is 125 Å². The van der Waals surface area contributed by atoms with Crippen molar-refractivity contribution in [2.45, 2.75) is 38.5 Å². The van der Waals surface area contributed by atoms with Crippen LogP contribution in [0.4, 0.5) is 0 Å². The van der Waals surface area contributed by atoms with E-state index in [1.54, 1.807) is 6.07 Å². The van der Waals surface area contributed by atoms with Crippen LogP contribution in [-0.2, 0) is 10.8 Å². The summed E-state index contributed by atoms with van der Waals surface area (Å²) in [6.45, 7) is 8.49. The third kappa shape index (κ3) is 4.22. The number of hydrogen-bond donors (Lipinski definition) is 2.